The average Bonchev–Trinajstić information content (AvgIpc) is 3.10. The Hall–Kier alpha value is -2.44. The summed E-state index contributed by atoms with van der Waals surface area (Å²) in [4.78, 5) is 17.3. The Kier molecular flexibility index (Phi) is 4.61. The highest BCUT2D eigenvalue weighted by Gasteiger charge is 2.20. The highest BCUT2D eigenvalue weighted by atomic mass is 35.5. The van der Waals surface area contributed by atoms with Gasteiger partial charge in [0.05, 0.1) is 11.4 Å². The van der Waals surface area contributed by atoms with E-state index in [1.807, 2.05) is 12.1 Å². The topological polar surface area (TPSA) is 54.0 Å². The van der Waals surface area contributed by atoms with E-state index in [0.29, 0.717) is 27.8 Å². The molecule has 0 radical (unpaired) electrons. The number of nitrogens with one attached hydrogen (secondary N) is 1. The van der Waals surface area contributed by atoms with Gasteiger partial charge in [-0.05, 0) is 43.4 Å². The number of piperazine rings is 1. The van der Waals surface area contributed by atoms with Crippen molar-refractivity contribution in [3.8, 4) is 11.5 Å². The van der Waals surface area contributed by atoms with Gasteiger partial charge in [0.15, 0.2) is 11.5 Å². The quantitative estimate of drug-likeness (QED) is 0.896. The Morgan fingerprint density at radius 3 is 2.62 bits per heavy atom. The van der Waals surface area contributed by atoms with Crippen LogP contribution in [0.2, 0.25) is 5.02 Å². The molecule has 0 saturated carbocycles. The molecule has 0 aliphatic carbocycles. The summed E-state index contributed by atoms with van der Waals surface area (Å²) in [5.74, 6) is 1.03. The number of carbonyl (C=O) groups excluding carboxylic acids is 1. The molecule has 0 unspecified atom stereocenters. The van der Waals surface area contributed by atoms with Crippen LogP contribution in [0.25, 0.3) is 0 Å². The third-order valence-electron chi connectivity index (χ3n) is 4.69. The van der Waals surface area contributed by atoms with Gasteiger partial charge in [0.1, 0.15) is 0 Å². The number of amides is 1. The van der Waals surface area contributed by atoms with E-state index in [1.165, 1.54) is 0 Å². The van der Waals surface area contributed by atoms with E-state index in [2.05, 4.69) is 22.2 Å². The second kappa shape index (κ2) is 7.05. The maximum absolute atomic E-state index is 12.7. The fourth-order valence-electron chi connectivity index (χ4n) is 3.16. The first-order valence-electron chi connectivity index (χ1n) is 8.54. The number of nitrogens with zero attached hydrogens (tertiary/aromatic N) is 2. The van der Waals surface area contributed by atoms with E-state index < -0.39 is 0 Å². The second-order valence-electron chi connectivity index (χ2n) is 6.47. The van der Waals surface area contributed by atoms with Crippen LogP contribution in [0.5, 0.6) is 11.5 Å². The van der Waals surface area contributed by atoms with Crippen molar-refractivity contribution < 1.29 is 14.3 Å². The number of fused-ring (bicyclic) bond motifs is 1. The van der Waals surface area contributed by atoms with Crippen LogP contribution in [-0.4, -0.2) is 50.8 Å². The fraction of sp³-hybridized carbons (Fsp3) is 0.316. The molecule has 0 aromatic heterocycles. The molecule has 2 aliphatic heterocycles. The maximum atomic E-state index is 12.7. The van der Waals surface area contributed by atoms with Crippen molar-refractivity contribution in [3.05, 3.63) is 47.0 Å². The number of rotatable bonds is 3. The first-order valence-corrected chi connectivity index (χ1v) is 8.92. The average molecular weight is 374 g/mol. The van der Waals surface area contributed by atoms with Gasteiger partial charge >= 0.3 is 0 Å². The van der Waals surface area contributed by atoms with Crippen molar-refractivity contribution in [1.29, 1.82) is 0 Å². The van der Waals surface area contributed by atoms with Gasteiger partial charge in [-0.15, -0.1) is 0 Å². The lowest BCUT2D eigenvalue weighted by atomic mass is 10.1. The molecule has 2 aromatic rings. The van der Waals surface area contributed by atoms with E-state index in [-0.39, 0.29) is 12.7 Å². The van der Waals surface area contributed by atoms with E-state index in [1.54, 1.807) is 24.3 Å². The number of likely N-dealkylation sites (N-methyl/N-ethyl adjacent to an activating group) is 1. The van der Waals surface area contributed by atoms with Crippen LogP contribution in [0, 0.1) is 0 Å². The fourth-order valence-corrected chi connectivity index (χ4v) is 3.34. The molecule has 1 fully saturated rings. The van der Waals surface area contributed by atoms with E-state index in [0.717, 1.165) is 31.9 Å². The summed E-state index contributed by atoms with van der Waals surface area (Å²) in [6.45, 7) is 3.97. The third kappa shape index (κ3) is 3.43. The first kappa shape index (κ1) is 17.0. The van der Waals surface area contributed by atoms with Crippen LogP contribution in [0.15, 0.2) is 36.4 Å². The number of hydrogen-bond acceptors (Lipinski definition) is 5. The zero-order valence-electron chi connectivity index (χ0n) is 14.5. The van der Waals surface area contributed by atoms with Gasteiger partial charge in [-0.2, -0.15) is 0 Å². The number of benzene rings is 2. The predicted molar refractivity (Wildman–Crippen MR) is 102 cm³/mol. The number of ether oxygens (including phenoxy) is 2. The molecular formula is C19H20ClN3O3. The van der Waals surface area contributed by atoms with Crippen LogP contribution >= 0.6 is 11.6 Å². The minimum atomic E-state index is -0.207. The largest absolute Gasteiger partial charge is 0.454 e. The molecule has 0 atom stereocenters. The lowest BCUT2D eigenvalue weighted by molar-refractivity contribution is 0.102. The monoisotopic (exact) mass is 373 g/mol. The van der Waals surface area contributed by atoms with E-state index in [9.17, 15) is 4.79 Å². The first-order chi connectivity index (χ1) is 12.6. The number of hydrogen-bond donors (Lipinski definition) is 1. The van der Waals surface area contributed by atoms with Gasteiger partial charge in [0, 0.05) is 36.8 Å². The summed E-state index contributed by atoms with van der Waals surface area (Å²) in [5.41, 5.74) is 2.21. The van der Waals surface area contributed by atoms with Crippen LogP contribution in [0.1, 0.15) is 10.4 Å². The van der Waals surface area contributed by atoms with E-state index >= 15 is 0 Å². The number of halogens is 1. The molecule has 0 spiro atoms. The Labute approximate surface area is 157 Å². The van der Waals surface area contributed by atoms with Crippen molar-refractivity contribution in [2.45, 2.75) is 0 Å². The molecule has 2 heterocycles. The van der Waals surface area contributed by atoms with Gasteiger partial charge in [-0.1, -0.05) is 11.6 Å². The molecule has 1 saturated heterocycles. The Balaban J connectivity index is 1.57. The molecule has 2 aromatic carbocycles. The molecule has 1 amide bonds. The minimum absolute atomic E-state index is 0.183. The summed E-state index contributed by atoms with van der Waals surface area (Å²) in [6.07, 6.45) is 0. The van der Waals surface area contributed by atoms with Crippen LogP contribution in [0.3, 0.4) is 0 Å². The van der Waals surface area contributed by atoms with Crippen molar-refractivity contribution in [3.63, 3.8) is 0 Å². The predicted octanol–water partition coefficient (Wildman–Crippen LogP) is 3.07. The normalized spacial score (nSPS) is 16.6. The van der Waals surface area contributed by atoms with Crippen molar-refractivity contribution in [2.24, 2.45) is 0 Å². The SMILES string of the molecule is CN1CCN(c2ccc(Cl)cc2NC(=O)c2ccc3c(c2)OCO3)CC1. The molecule has 0 bridgehead atoms. The van der Waals surface area contributed by atoms with Gasteiger partial charge in [0.2, 0.25) is 6.79 Å². The van der Waals surface area contributed by atoms with Gasteiger partial charge in [-0.25, -0.2) is 0 Å². The zero-order chi connectivity index (χ0) is 18.1. The molecule has 7 heteroatoms. The maximum Gasteiger partial charge on any atom is 0.255 e. The Morgan fingerprint density at radius 1 is 1.04 bits per heavy atom. The van der Waals surface area contributed by atoms with Gasteiger partial charge in [0.25, 0.3) is 5.91 Å². The zero-order valence-corrected chi connectivity index (χ0v) is 15.3. The minimum Gasteiger partial charge on any atom is -0.454 e. The summed E-state index contributed by atoms with van der Waals surface area (Å²) in [6, 6.07) is 10.8. The Bertz CT molecular complexity index is 835. The van der Waals surface area contributed by atoms with Crippen molar-refractivity contribution in [1.82, 2.24) is 4.90 Å². The van der Waals surface area contributed by atoms with Crippen LogP contribution in [-0.2, 0) is 0 Å². The van der Waals surface area contributed by atoms with Gasteiger partial charge < -0.3 is 24.6 Å². The third-order valence-corrected chi connectivity index (χ3v) is 4.92. The molecule has 2 aliphatic rings. The van der Waals surface area contributed by atoms with Crippen molar-refractivity contribution >= 4 is 28.9 Å². The van der Waals surface area contributed by atoms with Crippen molar-refractivity contribution in [2.75, 3.05) is 50.2 Å². The Morgan fingerprint density at radius 2 is 1.81 bits per heavy atom. The lowest BCUT2D eigenvalue weighted by Crippen LogP contribution is -2.44. The molecule has 26 heavy (non-hydrogen) atoms. The number of anilines is 2. The molecule has 6 nitrogen and oxygen atoms in total. The smallest absolute Gasteiger partial charge is 0.255 e. The standard InChI is InChI=1S/C19H20ClN3O3/c1-22-6-8-23(9-7-22)16-4-3-14(20)11-15(16)21-19(24)13-2-5-17-18(10-13)26-12-25-17/h2-5,10-11H,6-9,12H2,1H3,(H,21,24). The van der Waals surface area contributed by atoms with E-state index in [4.69, 9.17) is 21.1 Å². The lowest BCUT2D eigenvalue weighted by Gasteiger charge is -2.35. The highest BCUT2D eigenvalue weighted by Crippen LogP contribution is 2.34. The van der Waals surface area contributed by atoms with Crippen LogP contribution < -0.4 is 19.7 Å². The molecule has 4 rings (SSSR count). The summed E-state index contributed by atoms with van der Waals surface area (Å²) < 4.78 is 10.6. The molecular weight excluding hydrogens is 354 g/mol. The highest BCUT2D eigenvalue weighted by molar-refractivity contribution is 6.31. The molecule has 136 valence electrons. The second-order valence-corrected chi connectivity index (χ2v) is 6.91. The van der Waals surface area contributed by atoms with Crippen LogP contribution in [0.4, 0.5) is 11.4 Å². The molecule has 1 N–H and O–H groups in total. The summed E-state index contributed by atoms with van der Waals surface area (Å²) in [5, 5.41) is 3.58. The summed E-state index contributed by atoms with van der Waals surface area (Å²) in [7, 11) is 2.11. The number of carbonyl (C=O) groups is 1. The van der Waals surface area contributed by atoms with Gasteiger partial charge in [-0.3, -0.25) is 4.79 Å². The summed E-state index contributed by atoms with van der Waals surface area (Å²) >= 11 is 6.17.